The Balaban J connectivity index is 2.64. The van der Waals surface area contributed by atoms with Crippen molar-refractivity contribution in [2.45, 2.75) is 0 Å². The van der Waals surface area contributed by atoms with E-state index in [9.17, 15) is 0 Å². The second-order valence-corrected chi connectivity index (χ2v) is 4.11. The summed E-state index contributed by atoms with van der Waals surface area (Å²) in [5.74, 6) is 0. The van der Waals surface area contributed by atoms with Crippen LogP contribution in [0.5, 0.6) is 0 Å². The molecule has 4 nitrogen and oxygen atoms in total. The SMILES string of the molecule is Brc1nc2ccc3s[nH]nc3c2n1. The Morgan fingerprint density at radius 3 is 3.08 bits per heavy atom. The van der Waals surface area contributed by atoms with E-state index in [2.05, 4.69) is 35.5 Å². The second kappa shape index (κ2) is 2.49. The molecule has 13 heavy (non-hydrogen) atoms. The number of aromatic amines is 1. The van der Waals surface area contributed by atoms with E-state index in [-0.39, 0.29) is 0 Å². The van der Waals surface area contributed by atoms with Crippen LogP contribution < -0.4 is 0 Å². The quantitative estimate of drug-likeness (QED) is 0.670. The van der Waals surface area contributed by atoms with Gasteiger partial charge in [0.15, 0.2) is 4.73 Å². The van der Waals surface area contributed by atoms with Gasteiger partial charge in [-0.3, -0.25) is 0 Å². The van der Waals surface area contributed by atoms with Gasteiger partial charge >= 0.3 is 0 Å². The number of imidazole rings is 1. The summed E-state index contributed by atoms with van der Waals surface area (Å²) in [4.78, 5) is 8.44. The molecular formula is C7H3BrN4S. The molecule has 3 aromatic rings. The summed E-state index contributed by atoms with van der Waals surface area (Å²) in [6, 6.07) is 3.94. The van der Waals surface area contributed by atoms with Crippen LogP contribution in [0.25, 0.3) is 21.3 Å². The van der Waals surface area contributed by atoms with E-state index in [0.717, 1.165) is 21.3 Å². The molecule has 0 bridgehead atoms. The Morgan fingerprint density at radius 2 is 2.15 bits per heavy atom. The van der Waals surface area contributed by atoms with Crippen LogP contribution in [0.2, 0.25) is 0 Å². The topological polar surface area (TPSA) is 54.5 Å². The maximum absolute atomic E-state index is 4.24. The summed E-state index contributed by atoms with van der Waals surface area (Å²) < 4.78 is 4.56. The van der Waals surface area contributed by atoms with Crippen LogP contribution in [0.4, 0.5) is 0 Å². The Kier molecular flexibility index (Phi) is 1.42. The molecule has 3 rings (SSSR count). The van der Waals surface area contributed by atoms with Gasteiger partial charge in [0.1, 0.15) is 11.0 Å². The highest BCUT2D eigenvalue weighted by molar-refractivity contribution is 9.10. The van der Waals surface area contributed by atoms with E-state index in [1.54, 1.807) is 0 Å². The van der Waals surface area contributed by atoms with Crippen LogP contribution in [0.3, 0.4) is 0 Å². The first kappa shape index (κ1) is 7.40. The van der Waals surface area contributed by atoms with Crippen molar-refractivity contribution in [3.8, 4) is 0 Å². The molecule has 0 saturated heterocycles. The number of benzene rings is 1. The average molecular weight is 255 g/mol. The minimum atomic E-state index is 0.614. The monoisotopic (exact) mass is 254 g/mol. The molecule has 0 aliphatic heterocycles. The number of H-pyrrole nitrogens is 1. The molecule has 0 atom stereocenters. The predicted molar refractivity (Wildman–Crippen MR) is 54.8 cm³/mol. The third-order valence-corrected chi connectivity index (χ3v) is 2.91. The van der Waals surface area contributed by atoms with Gasteiger partial charge in [0.2, 0.25) is 0 Å². The van der Waals surface area contributed by atoms with Crippen LogP contribution in [0.15, 0.2) is 16.9 Å². The van der Waals surface area contributed by atoms with Gasteiger partial charge in [0, 0.05) is 0 Å². The van der Waals surface area contributed by atoms with Crippen molar-refractivity contribution >= 4 is 48.7 Å². The molecule has 2 aromatic heterocycles. The average Bonchev–Trinajstić information content (AvgIpc) is 2.65. The van der Waals surface area contributed by atoms with Gasteiger partial charge in [-0.15, -0.1) is 0 Å². The molecule has 0 amide bonds. The lowest BCUT2D eigenvalue weighted by molar-refractivity contribution is 1.20. The van der Waals surface area contributed by atoms with Gasteiger partial charge in [0.25, 0.3) is 0 Å². The molecule has 0 spiro atoms. The summed E-state index contributed by atoms with van der Waals surface area (Å²) >= 11 is 4.73. The minimum absolute atomic E-state index is 0.614. The first-order valence-corrected chi connectivity index (χ1v) is 5.21. The molecule has 0 saturated carbocycles. The standard InChI is InChI=1S/C7H3BrN4S/c8-7-9-3-1-2-4-6(5(3)10-7)11-12-13-4/h1-2,12H. The van der Waals surface area contributed by atoms with Gasteiger partial charge in [-0.2, -0.15) is 5.10 Å². The van der Waals surface area contributed by atoms with E-state index in [1.165, 1.54) is 11.5 Å². The minimum Gasteiger partial charge on any atom is -0.231 e. The normalized spacial score (nSPS) is 11.5. The van der Waals surface area contributed by atoms with Crippen LogP contribution in [0, 0.1) is 0 Å². The molecule has 64 valence electrons. The fourth-order valence-corrected chi connectivity index (χ4v) is 2.25. The molecule has 0 unspecified atom stereocenters. The van der Waals surface area contributed by atoms with Crippen LogP contribution >= 0.6 is 27.5 Å². The fourth-order valence-electron chi connectivity index (χ4n) is 1.28. The highest BCUT2D eigenvalue weighted by atomic mass is 79.9. The Labute approximate surface area is 85.3 Å². The number of halogens is 1. The molecule has 0 radical (unpaired) electrons. The van der Waals surface area contributed by atoms with E-state index in [1.807, 2.05) is 12.1 Å². The van der Waals surface area contributed by atoms with E-state index in [4.69, 9.17) is 0 Å². The van der Waals surface area contributed by atoms with E-state index < -0.39 is 0 Å². The smallest absolute Gasteiger partial charge is 0.197 e. The third kappa shape index (κ3) is 0.988. The lowest BCUT2D eigenvalue weighted by Gasteiger charge is -1.85. The van der Waals surface area contributed by atoms with Crippen molar-refractivity contribution in [1.29, 1.82) is 0 Å². The van der Waals surface area contributed by atoms with E-state index in [0.29, 0.717) is 4.73 Å². The molecule has 6 heteroatoms. The Morgan fingerprint density at radius 1 is 1.23 bits per heavy atom. The molecule has 2 heterocycles. The van der Waals surface area contributed by atoms with Crippen molar-refractivity contribution < 1.29 is 0 Å². The summed E-state index contributed by atoms with van der Waals surface area (Å²) in [6.07, 6.45) is 0. The molecule has 0 aliphatic carbocycles. The Hall–Kier alpha value is -1.01. The lowest BCUT2D eigenvalue weighted by atomic mass is 10.3. The molecule has 0 aliphatic rings. The summed E-state index contributed by atoms with van der Waals surface area (Å²) in [6.45, 7) is 0. The Bertz CT molecular complexity index is 584. The van der Waals surface area contributed by atoms with Crippen molar-refractivity contribution in [2.24, 2.45) is 0 Å². The zero-order chi connectivity index (χ0) is 8.84. The summed E-state index contributed by atoms with van der Waals surface area (Å²) in [5, 5.41) is 4.13. The first-order valence-electron chi connectivity index (χ1n) is 3.60. The largest absolute Gasteiger partial charge is 0.231 e. The van der Waals surface area contributed by atoms with Crippen LogP contribution in [-0.4, -0.2) is 19.6 Å². The highest BCUT2D eigenvalue weighted by Crippen LogP contribution is 2.24. The predicted octanol–water partition coefficient (Wildman–Crippen LogP) is 2.33. The van der Waals surface area contributed by atoms with Gasteiger partial charge in [-0.25, -0.2) is 14.5 Å². The van der Waals surface area contributed by atoms with Crippen molar-refractivity contribution in [3.63, 3.8) is 0 Å². The molecule has 0 fully saturated rings. The van der Waals surface area contributed by atoms with E-state index >= 15 is 0 Å². The zero-order valence-corrected chi connectivity index (χ0v) is 8.69. The first-order chi connectivity index (χ1) is 6.34. The van der Waals surface area contributed by atoms with Gasteiger partial charge in [-0.05, 0) is 39.6 Å². The van der Waals surface area contributed by atoms with Crippen molar-refractivity contribution in [2.75, 3.05) is 0 Å². The number of rotatable bonds is 0. The van der Waals surface area contributed by atoms with Crippen molar-refractivity contribution in [3.05, 3.63) is 16.9 Å². The van der Waals surface area contributed by atoms with Gasteiger partial charge in [-0.1, -0.05) is 0 Å². The van der Waals surface area contributed by atoms with Crippen molar-refractivity contribution in [1.82, 2.24) is 19.6 Å². The number of fused-ring (bicyclic) bond motifs is 3. The lowest BCUT2D eigenvalue weighted by Crippen LogP contribution is -1.72. The second-order valence-electron chi connectivity index (χ2n) is 2.58. The number of hydrogen-bond donors (Lipinski definition) is 1. The zero-order valence-electron chi connectivity index (χ0n) is 6.28. The van der Waals surface area contributed by atoms with Gasteiger partial charge in [0.05, 0.1) is 10.2 Å². The number of nitrogens with one attached hydrogen (secondary N) is 1. The van der Waals surface area contributed by atoms with Gasteiger partial charge < -0.3 is 0 Å². The molecule has 1 aromatic carbocycles. The number of nitrogens with zero attached hydrogens (tertiary/aromatic N) is 3. The highest BCUT2D eigenvalue weighted by Gasteiger charge is 2.08. The maximum Gasteiger partial charge on any atom is 0.197 e. The summed E-state index contributed by atoms with van der Waals surface area (Å²) in [7, 11) is 0. The van der Waals surface area contributed by atoms with Crippen LogP contribution in [0.1, 0.15) is 0 Å². The fraction of sp³-hybridized carbons (Fsp3) is 0. The van der Waals surface area contributed by atoms with Crippen LogP contribution in [-0.2, 0) is 0 Å². The maximum atomic E-state index is 4.24. The molecular weight excluding hydrogens is 252 g/mol. The molecule has 1 N–H and O–H groups in total. The summed E-state index contributed by atoms with van der Waals surface area (Å²) in [5.41, 5.74) is 2.61. The third-order valence-electron chi connectivity index (χ3n) is 1.82. The number of aromatic nitrogens is 4. The number of hydrogen-bond acceptors (Lipinski definition) is 4.